The molecule has 0 amide bonds. The summed E-state index contributed by atoms with van der Waals surface area (Å²) in [5.41, 5.74) is 2.27. The molecular formula is C16H25N7O2. The number of ether oxygens (including phenoxy) is 1. The minimum absolute atomic E-state index is 0.509. The fourth-order valence-corrected chi connectivity index (χ4v) is 2.87. The topological polar surface area (TPSA) is 101 Å². The first-order valence-corrected chi connectivity index (χ1v) is 8.51. The van der Waals surface area contributed by atoms with Crippen LogP contribution in [0.15, 0.2) is 4.52 Å². The van der Waals surface area contributed by atoms with E-state index >= 15 is 0 Å². The Bertz CT molecular complexity index is 704. The highest BCUT2D eigenvalue weighted by molar-refractivity contribution is 5.53. The van der Waals surface area contributed by atoms with Crippen molar-refractivity contribution in [3.63, 3.8) is 0 Å². The molecule has 25 heavy (non-hydrogen) atoms. The van der Waals surface area contributed by atoms with Crippen LogP contribution in [0.4, 0.5) is 11.8 Å². The van der Waals surface area contributed by atoms with Crippen LogP contribution in [-0.4, -0.2) is 60.5 Å². The molecule has 0 bridgehead atoms. The van der Waals surface area contributed by atoms with Gasteiger partial charge in [0, 0.05) is 39.2 Å². The number of fused-ring (bicyclic) bond motifs is 1. The summed E-state index contributed by atoms with van der Waals surface area (Å²) in [6, 6.07) is 0. The fourth-order valence-electron chi connectivity index (χ4n) is 2.87. The van der Waals surface area contributed by atoms with Gasteiger partial charge in [-0.1, -0.05) is 5.16 Å². The van der Waals surface area contributed by atoms with Crippen molar-refractivity contribution in [2.45, 2.75) is 26.3 Å². The van der Waals surface area contributed by atoms with Crippen LogP contribution in [0.5, 0.6) is 0 Å². The Morgan fingerprint density at radius 3 is 2.84 bits per heavy atom. The van der Waals surface area contributed by atoms with Gasteiger partial charge in [0.2, 0.25) is 11.8 Å². The summed E-state index contributed by atoms with van der Waals surface area (Å²) in [7, 11) is 3.66. The first-order valence-electron chi connectivity index (χ1n) is 8.51. The molecule has 2 N–H and O–H groups in total. The number of methoxy groups -OCH3 is 1. The lowest BCUT2D eigenvalue weighted by molar-refractivity contribution is 0.210. The monoisotopic (exact) mass is 347 g/mol. The van der Waals surface area contributed by atoms with E-state index in [1.807, 2.05) is 18.9 Å². The largest absolute Gasteiger partial charge is 0.383 e. The van der Waals surface area contributed by atoms with Gasteiger partial charge in [-0.25, -0.2) is 4.98 Å². The molecule has 3 heterocycles. The lowest BCUT2D eigenvalue weighted by Crippen LogP contribution is -2.23. The van der Waals surface area contributed by atoms with Crippen LogP contribution in [0, 0.1) is 6.92 Å². The molecule has 9 nitrogen and oxygen atoms in total. The summed E-state index contributed by atoms with van der Waals surface area (Å²) in [6.07, 6.45) is 1.79. The molecule has 1 aliphatic heterocycles. The number of nitrogens with one attached hydrogen (secondary N) is 2. The number of rotatable bonds is 7. The number of aromatic nitrogens is 4. The van der Waals surface area contributed by atoms with E-state index in [2.05, 4.69) is 20.8 Å². The standard InChI is InChI=1S/C16H25N7O2/c1-11-19-14(25-22-11)10-23(2)15-12-4-6-17-7-5-13(12)20-16(21-15)18-8-9-24-3/h17H,4-10H2,1-3H3,(H,18,20,21). The zero-order valence-electron chi connectivity index (χ0n) is 15.0. The minimum Gasteiger partial charge on any atom is -0.383 e. The van der Waals surface area contributed by atoms with Gasteiger partial charge < -0.3 is 24.8 Å². The van der Waals surface area contributed by atoms with Gasteiger partial charge in [-0.2, -0.15) is 9.97 Å². The Balaban J connectivity index is 1.87. The van der Waals surface area contributed by atoms with Gasteiger partial charge in [0.1, 0.15) is 5.82 Å². The molecule has 2 aromatic rings. The van der Waals surface area contributed by atoms with Crippen molar-refractivity contribution >= 4 is 11.8 Å². The van der Waals surface area contributed by atoms with Crippen molar-refractivity contribution in [1.82, 2.24) is 25.4 Å². The molecule has 0 fully saturated rings. The van der Waals surface area contributed by atoms with Gasteiger partial charge in [-0.3, -0.25) is 0 Å². The molecule has 0 saturated carbocycles. The van der Waals surface area contributed by atoms with E-state index in [1.165, 1.54) is 5.56 Å². The molecule has 0 spiro atoms. The van der Waals surface area contributed by atoms with Crippen LogP contribution >= 0.6 is 0 Å². The number of hydrogen-bond acceptors (Lipinski definition) is 9. The van der Waals surface area contributed by atoms with E-state index in [0.29, 0.717) is 37.4 Å². The third-order valence-corrected chi connectivity index (χ3v) is 4.05. The Labute approximate surface area is 147 Å². The SMILES string of the molecule is COCCNc1nc2c(c(N(C)Cc3nc(C)no3)n1)CCNCC2. The van der Waals surface area contributed by atoms with Crippen molar-refractivity contribution in [3.8, 4) is 0 Å². The van der Waals surface area contributed by atoms with Crippen LogP contribution in [0.3, 0.4) is 0 Å². The summed E-state index contributed by atoms with van der Waals surface area (Å²) in [5.74, 6) is 2.75. The molecule has 0 radical (unpaired) electrons. The Kier molecular flexibility index (Phi) is 5.77. The quantitative estimate of drug-likeness (QED) is 0.695. The summed E-state index contributed by atoms with van der Waals surface area (Å²) in [5, 5.41) is 10.5. The van der Waals surface area contributed by atoms with Gasteiger partial charge in [0.15, 0.2) is 5.82 Å². The third kappa shape index (κ3) is 4.43. The van der Waals surface area contributed by atoms with E-state index in [1.54, 1.807) is 7.11 Å². The first kappa shape index (κ1) is 17.6. The van der Waals surface area contributed by atoms with E-state index in [9.17, 15) is 0 Å². The lowest BCUT2D eigenvalue weighted by Gasteiger charge is -2.21. The van der Waals surface area contributed by atoms with Gasteiger partial charge in [-0.05, 0) is 19.9 Å². The molecule has 0 aromatic carbocycles. The predicted molar refractivity (Wildman–Crippen MR) is 93.8 cm³/mol. The molecule has 1 aliphatic rings. The molecule has 9 heteroatoms. The predicted octanol–water partition coefficient (Wildman–Crippen LogP) is 0.551. The minimum atomic E-state index is 0.509. The summed E-state index contributed by atoms with van der Waals surface area (Å²) in [6.45, 7) is 5.44. The zero-order valence-corrected chi connectivity index (χ0v) is 15.0. The van der Waals surface area contributed by atoms with Crippen LogP contribution in [0.1, 0.15) is 23.0 Å². The average molecular weight is 347 g/mol. The highest BCUT2D eigenvalue weighted by Crippen LogP contribution is 2.25. The van der Waals surface area contributed by atoms with Crippen molar-refractivity contribution in [2.24, 2.45) is 0 Å². The van der Waals surface area contributed by atoms with Crippen LogP contribution in [-0.2, 0) is 24.1 Å². The smallest absolute Gasteiger partial charge is 0.246 e. The Hall–Kier alpha value is -2.26. The van der Waals surface area contributed by atoms with Gasteiger partial charge in [-0.15, -0.1) is 0 Å². The molecule has 0 atom stereocenters. The fraction of sp³-hybridized carbons (Fsp3) is 0.625. The van der Waals surface area contributed by atoms with Crippen molar-refractivity contribution < 1.29 is 9.26 Å². The third-order valence-electron chi connectivity index (χ3n) is 4.05. The molecular weight excluding hydrogens is 322 g/mol. The lowest BCUT2D eigenvalue weighted by atomic mass is 10.1. The highest BCUT2D eigenvalue weighted by atomic mass is 16.5. The number of hydrogen-bond donors (Lipinski definition) is 2. The Morgan fingerprint density at radius 2 is 2.08 bits per heavy atom. The van der Waals surface area contributed by atoms with Crippen molar-refractivity contribution in [1.29, 1.82) is 0 Å². The maximum absolute atomic E-state index is 5.24. The maximum atomic E-state index is 5.24. The second-order valence-corrected chi connectivity index (χ2v) is 6.06. The van der Waals surface area contributed by atoms with Crippen LogP contribution < -0.4 is 15.5 Å². The normalized spacial score (nSPS) is 14.0. The zero-order chi connectivity index (χ0) is 17.6. The molecule has 2 aromatic heterocycles. The molecule has 136 valence electrons. The summed E-state index contributed by atoms with van der Waals surface area (Å²) in [4.78, 5) is 15.8. The van der Waals surface area contributed by atoms with E-state index in [0.717, 1.165) is 37.4 Å². The van der Waals surface area contributed by atoms with Crippen LogP contribution in [0.25, 0.3) is 0 Å². The Morgan fingerprint density at radius 1 is 1.24 bits per heavy atom. The van der Waals surface area contributed by atoms with Gasteiger partial charge in [0.25, 0.3) is 0 Å². The first-order chi connectivity index (χ1) is 12.2. The number of aryl methyl sites for hydroxylation is 1. The van der Waals surface area contributed by atoms with Crippen molar-refractivity contribution in [3.05, 3.63) is 23.0 Å². The summed E-state index contributed by atoms with van der Waals surface area (Å²) < 4.78 is 10.3. The average Bonchev–Trinajstić information content (AvgIpc) is 2.86. The highest BCUT2D eigenvalue weighted by Gasteiger charge is 2.20. The van der Waals surface area contributed by atoms with Crippen molar-refractivity contribution in [2.75, 3.05) is 50.6 Å². The van der Waals surface area contributed by atoms with Crippen LogP contribution in [0.2, 0.25) is 0 Å². The molecule has 0 unspecified atom stereocenters. The number of anilines is 2. The molecule has 3 rings (SSSR count). The second kappa shape index (κ2) is 8.21. The van der Waals surface area contributed by atoms with E-state index < -0.39 is 0 Å². The van der Waals surface area contributed by atoms with E-state index in [4.69, 9.17) is 19.2 Å². The molecule has 0 saturated heterocycles. The van der Waals surface area contributed by atoms with E-state index in [-0.39, 0.29) is 0 Å². The van der Waals surface area contributed by atoms with Gasteiger partial charge >= 0.3 is 0 Å². The number of nitrogens with zero attached hydrogens (tertiary/aromatic N) is 5. The molecule has 0 aliphatic carbocycles. The van der Waals surface area contributed by atoms with Gasteiger partial charge in [0.05, 0.1) is 18.8 Å². The maximum Gasteiger partial charge on any atom is 0.246 e. The summed E-state index contributed by atoms with van der Waals surface area (Å²) >= 11 is 0. The second-order valence-electron chi connectivity index (χ2n) is 6.06.